The highest BCUT2D eigenvalue weighted by Gasteiger charge is 1.96. The first kappa shape index (κ1) is 9.40. The van der Waals surface area contributed by atoms with E-state index in [9.17, 15) is 0 Å². The lowest BCUT2D eigenvalue weighted by atomic mass is 10.1. The fourth-order valence-electron chi connectivity index (χ4n) is 1.41. The molecule has 0 aliphatic rings. The van der Waals surface area contributed by atoms with Gasteiger partial charge in [0.25, 0.3) is 0 Å². The van der Waals surface area contributed by atoms with Crippen molar-refractivity contribution < 1.29 is 5.21 Å². The third kappa shape index (κ3) is 2.20. The summed E-state index contributed by atoms with van der Waals surface area (Å²) in [6.07, 6.45) is 4.91. The maximum absolute atomic E-state index is 8.44. The van der Waals surface area contributed by atoms with Gasteiger partial charge in [-0.05, 0) is 34.9 Å². The summed E-state index contributed by atoms with van der Waals surface area (Å²) in [6.45, 7) is 0. The molecule has 1 aromatic heterocycles. The molecule has 2 aromatic rings. The van der Waals surface area contributed by atoms with Crippen molar-refractivity contribution in [2.24, 2.45) is 5.16 Å². The number of hydrogen-bond acceptors (Lipinski definition) is 3. The van der Waals surface area contributed by atoms with Gasteiger partial charge in [0.05, 0.1) is 6.21 Å². The highest BCUT2D eigenvalue weighted by molar-refractivity contribution is 5.82. The Balaban J connectivity index is 2.41. The lowest BCUT2D eigenvalue weighted by Crippen LogP contribution is -1.83. The van der Waals surface area contributed by atoms with Crippen LogP contribution in [0.5, 0.6) is 0 Å². The van der Waals surface area contributed by atoms with E-state index < -0.39 is 0 Å². The lowest BCUT2D eigenvalue weighted by Gasteiger charge is -2.01. The zero-order valence-electron chi connectivity index (χ0n) is 8.04. The molecular weight excluding hydrogens is 188 g/mol. The van der Waals surface area contributed by atoms with Gasteiger partial charge in [0.2, 0.25) is 0 Å². The molecule has 3 heteroatoms. The molecule has 0 aliphatic carbocycles. The highest BCUT2D eigenvalue weighted by atomic mass is 16.4. The zero-order valence-corrected chi connectivity index (χ0v) is 8.04. The number of aromatic nitrogens is 1. The van der Waals surface area contributed by atoms with E-state index in [0.717, 1.165) is 16.7 Å². The molecule has 3 nitrogen and oxygen atoms in total. The SMILES string of the molecule is O/N=C/c1cccc(-c2ccncc2)c1. The predicted octanol–water partition coefficient (Wildman–Crippen LogP) is 2.56. The van der Waals surface area contributed by atoms with E-state index in [4.69, 9.17) is 5.21 Å². The third-order valence-electron chi connectivity index (χ3n) is 2.11. The van der Waals surface area contributed by atoms with Gasteiger partial charge in [-0.2, -0.15) is 0 Å². The third-order valence-corrected chi connectivity index (χ3v) is 2.11. The van der Waals surface area contributed by atoms with Crippen molar-refractivity contribution in [2.75, 3.05) is 0 Å². The van der Waals surface area contributed by atoms with Crippen LogP contribution in [0.15, 0.2) is 53.9 Å². The molecule has 0 saturated carbocycles. The molecule has 0 unspecified atom stereocenters. The minimum absolute atomic E-state index is 0.867. The number of pyridine rings is 1. The molecule has 15 heavy (non-hydrogen) atoms. The van der Waals surface area contributed by atoms with Crippen molar-refractivity contribution in [2.45, 2.75) is 0 Å². The monoisotopic (exact) mass is 198 g/mol. The number of nitrogens with zero attached hydrogens (tertiary/aromatic N) is 2. The summed E-state index contributed by atoms with van der Waals surface area (Å²) in [5, 5.41) is 11.4. The Morgan fingerprint density at radius 2 is 1.87 bits per heavy atom. The molecule has 1 heterocycles. The first-order chi connectivity index (χ1) is 7.40. The molecule has 0 fully saturated rings. The van der Waals surface area contributed by atoms with Crippen LogP contribution in [0.2, 0.25) is 0 Å². The molecule has 0 spiro atoms. The van der Waals surface area contributed by atoms with Crippen LogP contribution in [0.25, 0.3) is 11.1 Å². The molecule has 1 N–H and O–H groups in total. The standard InChI is InChI=1S/C12H10N2O/c15-14-9-10-2-1-3-12(8-10)11-4-6-13-7-5-11/h1-9,15H/b14-9+. The Hall–Kier alpha value is -2.16. The van der Waals surface area contributed by atoms with Crippen LogP contribution in [0.3, 0.4) is 0 Å². The van der Waals surface area contributed by atoms with Gasteiger partial charge in [-0.1, -0.05) is 23.4 Å². The van der Waals surface area contributed by atoms with Gasteiger partial charge in [0, 0.05) is 12.4 Å². The van der Waals surface area contributed by atoms with Crippen LogP contribution in [-0.2, 0) is 0 Å². The quantitative estimate of drug-likeness (QED) is 0.458. The maximum Gasteiger partial charge on any atom is 0.0734 e. The molecule has 0 bridgehead atoms. The van der Waals surface area contributed by atoms with Crippen LogP contribution in [0, 0.1) is 0 Å². The second-order valence-corrected chi connectivity index (χ2v) is 3.11. The largest absolute Gasteiger partial charge is 0.411 e. The molecule has 0 atom stereocenters. The van der Waals surface area contributed by atoms with Crippen LogP contribution in [0.4, 0.5) is 0 Å². The Bertz CT molecular complexity index is 466. The number of benzene rings is 1. The number of oxime groups is 1. The normalized spacial score (nSPS) is 10.7. The summed E-state index contributed by atoms with van der Waals surface area (Å²) < 4.78 is 0. The molecule has 0 aliphatic heterocycles. The van der Waals surface area contributed by atoms with Crippen molar-refractivity contribution in [3.05, 3.63) is 54.4 Å². The smallest absolute Gasteiger partial charge is 0.0734 e. The maximum atomic E-state index is 8.44. The molecule has 2 rings (SSSR count). The van der Waals surface area contributed by atoms with Gasteiger partial charge in [0.1, 0.15) is 0 Å². The van der Waals surface area contributed by atoms with E-state index in [2.05, 4.69) is 10.1 Å². The topological polar surface area (TPSA) is 45.5 Å². The number of rotatable bonds is 2. The van der Waals surface area contributed by atoms with Gasteiger partial charge in [0.15, 0.2) is 0 Å². The van der Waals surface area contributed by atoms with Gasteiger partial charge in [-0.15, -0.1) is 0 Å². The van der Waals surface area contributed by atoms with Crippen LogP contribution < -0.4 is 0 Å². The first-order valence-corrected chi connectivity index (χ1v) is 4.58. The second-order valence-electron chi connectivity index (χ2n) is 3.11. The van der Waals surface area contributed by atoms with Crippen LogP contribution in [-0.4, -0.2) is 16.4 Å². The van der Waals surface area contributed by atoms with Crippen molar-refractivity contribution in [1.82, 2.24) is 4.98 Å². The van der Waals surface area contributed by atoms with E-state index in [0.29, 0.717) is 0 Å². The van der Waals surface area contributed by atoms with Crippen molar-refractivity contribution in [3.8, 4) is 11.1 Å². The fraction of sp³-hybridized carbons (Fsp3) is 0. The van der Waals surface area contributed by atoms with E-state index in [-0.39, 0.29) is 0 Å². The lowest BCUT2D eigenvalue weighted by molar-refractivity contribution is 0.322. The summed E-state index contributed by atoms with van der Waals surface area (Å²) in [5.74, 6) is 0. The molecule has 74 valence electrons. The van der Waals surface area contributed by atoms with E-state index in [1.54, 1.807) is 12.4 Å². The molecule has 0 amide bonds. The van der Waals surface area contributed by atoms with Crippen molar-refractivity contribution in [1.29, 1.82) is 0 Å². The summed E-state index contributed by atoms with van der Waals surface area (Å²) in [4.78, 5) is 3.96. The average molecular weight is 198 g/mol. The Kier molecular flexibility index (Phi) is 2.74. The Morgan fingerprint density at radius 3 is 2.60 bits per heavy atom. The minimum atomic E-state index is 0.867. The fourth-order valence-corrected chi connectivity index (χ4v) is 1.41. The Morgan fingerprint density at radius 1 is 1.07 bits per heavy atom. The van der Waals surface area contributed by atoms with Gasteiger partial charge >= 0.3 is 0 Å². The minimum Gasteiger partial charge on any atom is -0.411 e. The van der Waals surface area contributed by atoms with Gasteiger partial charge < -0.3 is 5.21 Å². The summed E-state index contributed by atoms with van der Waals surface area (Å²) in [6, 6.07) is 11.6. The van der Waals surface area contributed by atoms with E-state index in [1.165, 1.54) is 6.21 Å². The highest BCUT2D eigenvalue weighted by Crippen LogP contribution is 2.18. The van der Waals surface area contributed by atoms with Crippen LogP contribution >= 0.6 is 0 Å². The summed E-state index contributed by atoms with van der Waals surface area (Å²) in [5.41, 5.74) is 3.04. The predicted molar refractivity (Wildman–Crippen MR) is 59.1 cm³/mol. The molecule has 0 radical (unpaired) electrons. The Labute approximate surface area is 87.7 Å². The van der Waals surface area contributed by atoms with Crippen molar-refractivity contribution in [3.63, 3.8) is 0 Å². The van der Waals surface area contributed by atoms with E-state index in [1.807, 2.05) is 36.4 Å². The molecular formula is C12H10N2O. The zero-order chi connectivity index (χ0) is 10.5. The number of hydrogen-bond donors (Lipinski definition) is 1. The summed E-state index contributed by atoms with van der Waals surface area (Å²) >= 11 is 0. The van der Waals surface area contributed by atoms with Crippen molar-refractivity contribution >= 4 is 6.21 Å². The molecule has 1 aromatic carbocycles. The summed E-state index contributed by atoms with van der Waals surface area (Å²) in [7, 11) is 0. The first-order valence-electron chi connectivity index (χ1n) is 4.58. The molecule has 0 saturated heterocycles. The van der Waals surface area contributed by atoms with Crippen LogP contribution in [0.1, 0.15) is 5.56 Å². The van der Waals surface area contributed by atoms with Gasteiger partial charge in [-0.3, -0.25) is 4.98 Å². The van der Waals surface area contributed by atoms with Gasteiger partial charge in [-0.25, -0.2) is 0 Å². The van der Waals surface area contributed by atoms with E-state index >= 15 is 0 Å². The second kappa shape index (κ2) is 4.37. The average Bonchev–Trinajstić information content (AvgIpc) is 2.31.